The third-order valence-electron chi connectivity index (χ3n) is 5.32. The van der Waals surface area contributed by atoms with Gasteiger partial charge in [0.2, 0.25) is 5.95 Å². The lowest BCUT2D eigenvalue weighted by atomic mass is 10.1. The Morgan fingerprint density at radius 3 is 2.69 bits per heavy atom. The van der Waals surface area contributed by atoms with E-state index >= 15 is 0 Å². The summed E-state index contributed by atoms with van der Waals surface area (Å²) in [4.78, 5) is 27.2. The van der Waals surface area contributed by atoms with Crippen molar-refractivity contribution < 1.29 is 0 Å². The number of pyridine rings is 1. The number of rotatable bonds is 3. The molecule has 4 aromatic rings. The summed E-state index contributed by atoms with van der Waals surface area (Å²) >= 11 is 0. The van der Waals surface area contributed by atoms with E-state index in [1.165, 1.54) is 5.56 Å². The van der Waals surface area contributed by atoms with E-state index in [9.17, 15) is 4.79 Å². The summed E-state index contributed by atoms with van der Waals surface area (Å²) in [5.74, 6) is 0.539. The minimum absolute atomic E-state index is 0.178. The number of nitrogens with one attached hydrogen (secondary N) is 1. The minimum atomic E-state index is -0.178. The van der Waals surface area contributed by atoms with Crippen LogP contribution in [0.25, 0.3) is 23.2 Å². The third-order valence-corrected chi connectivity index (χ3v) is 5.32. The van der Waals surface area contributed by atoms with Gasteiger partial charge in [0, 0.05) is 17.9 Å². The molecule has 0 amide bonds. The highest BCUT2D eigenvalue weighted by Gasteiger charge is 2.28. The lowest BCUT2D eigenvalue weighted by molar-refractivity contribution is 0.740. The van der Waals surface area contributed by atoms with Gasteiger partial charge < -0.3 is 4.90 Å². The molecule has 0 spiro atoms. The van der Waals surface area contributed by atoms with E-state index in [-0.39, 0.29) is 11.6 Å². The van der Waals surface area contributed by atoms with Gasteiger partial charge in [0.25, 0.3) is 5.56 Å². The van der Waals surface area contributed by atoms with Crippen LogP contribution in [0.3, 0.4) is 0 Å². The molecule has 5 nitrogen and oxygen atoms in total. The molecule has 0 radical (unpaired) electrons. The molecule has 1 aliphatic rings. The summed E-state index contributed by atoms with van der Waals surface area (Å²) in [6.45, 7) is 2.14. The molecule has 1 atom stereocenters. The molecule has 0 aliphatic carbocycles. The fourth-order valence-corrected chi connectivity index (χ4v) is 3.97. The number of hydrogen-bond acceptors (Lipinski definition) is 4. The van der Waals surface area contributed by atoms with E-state index < -0.39 is 0 Å². The first kappa shape index (κ1) is 17.4. The van der Waals surface area contributed by atoms with Crippen LogP contribution in [0.15, 0.2) is 71.7 Å². The van der Waals surface area contributed by atoms with Gasteiger partial charge in [0.1, 0.15) is 0 Å². The van der Waals surface area contributed by atoms with Crippen LogP contribution in [0, 0.1) is 0 Å². The van der Waals surface area contributed by atoms with Crippen molar-refractivity contribution in [2.24, 2.45) is 0 Å². The third kappa shape index (κ3) is 3.10. The number of fused-ring (bicyclic) bond motifs is 2. The monoisotopic (exact) mass is 380 g/mol. The number of hydrogen-bond donors (Lipinski definition) is 1. The molecule has 142 valence electrons. The predicted molar refractivity (Wildman–Crippen MR) is 117 cm³/mol. The van der Waals surface area contributed by atoms with Crippen molar-refractivity contribution in [1.82, 2.24) is 15.0 Å². The highest BCUT2D eigenvalue weighted by Crippen LogP contribution is 2.36. The fourth-order valence-electron chi connectivity index (χ4n) is 3.97. The number of benzene rings is 2. The number of para-hydroxylation sites is 1. The molecule has 0 bridgehead atoms. The molecule has 2 aromatic heterocycles. The molecule has 5 heteroatoms. The Bertz CT molecular complexity index is 1280. The van der Waals surface area contributed by atoms with Crippen LogP contribution < -0.4 is 10.5 Å². The van der Waals surface area contributed by atoms with Crippen molar-refractivity contribution in [1.29, 1.82) is 0 Å². The zero-order valence-electron chi connectivity index (χ0n) is 16.0. The van der Waals surface area contributed by atoms with Crippen LogP contribution in [0.5, 0.6) is 0 Å². The maximum Gasteiger partial charge on any atom is 0.262 e. The Morgan fingerprint density at radius 2 is 1.83 bits per heavy atom. The van der Waals surface area contributed by atoms with Gasteiger partial charge in [0.15, 0.2) is 5.65 Å². The molecule has 1 aliphatic heterocycles. The van der Waals surface area contributed by atoms with E-state index in [1.54, 1.807) is 6.20 Å². The van der Waals surface area contributed by atoms with E-state index in [0.717, 1.165) is 23.2 Å². The molecule has 1 unspecified atom stereocenters. The van der Waals surface area contributed by atoms with Crippen LogP contribution in [0.1, 0.15) is 23.6 Å². The van der Waals surface area contributed by atoms with Gasteiger partial charge in [0.05, 0.1) is 5.39 Å². The SMILES string of the molecule is CC1Cc2ccccc2N1c1nc2nccc(/C=C/c3ccccc3)c2c(=O)[nH]1. The first-order valence-corrected chi connectivity index (χ1v) is 9.70. The summed E-state index contributed by atoms with van der Waals surface area (Å²) in [6.07, 6.45) is 6.54. The molecule has 0 fully saturated rings. The Hall–Kier alpha value is -3.73. The first-order valence-electron chi connectivity index (χ1n) is 9.70. The van der Waals surface area contributed by atoms with Gasteiger partial charge in [-0.05, 0) is 42.2 Å². The molecule has 0 saturated carbocycles. The van der Waals surface area contributed by atoms with Crippen LogP contribution in [-0.2, 0) is 6.42 Å². The topological polar surface area (TPSA) is 61.9 Å². The van der Waals surface area contributed by atoms with E-state index in [1.807, 2.05) is 60.7 Å². The van der Waals surface area contributed by atoms with Crippen molar-refractivity contribution in [2.45, 2.75) is 19.4 Å². The van der Waals surface area contributed by atoms with Gasteiger partial charge in [-0.25, -0.2) is 4.98 Å². The Morgan fingerprint density at radius 1 is 1.03 bits per heavy atom. The molecule has 0 saturated heterocycles. The molecule has 2 aromatic carbocycles. The lowest BCUT2D eigenvalue weighted by Crippen LogP contribution is -2.28. The van der Waals surface area contributed by atoms with Gasteiger partial charge in [-0.1, -0.05) is 60.7 Å². The second-order valence-electron chi connectivity index (χ2n) is 7.28. The highest BCUT2D eigenvalue weighted by molar-refractivity contribution is 5.88. The molecule has 29 heavy (non-hydrogen) atoms. The summed E-state index contributed by atoms with van der Waals surface area (Å²) in [7, 11) is 0. The van der Waals surface area contributed by atoms with Crippen molar-refractivity contribution in [2.75, 3.05) is 4.90 Å². The summed E-state index contributed by atoms with van der Waals surface area (Å²) in [5.41, 5.74) is 4.49. The van der Waals surface area contributed by atoms with Crippen LogP contribution >= 0.6 is 0 Å². The van der Waals surface area contributed by atoms with E-state index in [4.69, 9.17) is 4.98 Å². The average Bonchev–Trinajstić information content (AvgIpc) is 3.08. The van der Waals surface area contributed by atoms with Crippen molar-refractivity contribution in [3.63, 3.8) is 0 Å². The van der Waals surface area contributed by atoms with E-state index in [0.29, 0.717) is 17.0 Å². The molecular formula is C24H20N4O. The Labute approximate surface area is 168 Å². The van der Waals surface area contributed by atoms with Crippen LogP contribution in [0.2, 0.25) is 0 Å². The fraction of sp³-hybridized carbons (Fsp3) is 0.125. The summed E-state index contributed by atoms with van der Waals surface area (Å²) in [5, 5.41) is 0.503. The smallest absolute Gasteiger partial charge is 0.262 e. The van der Waals surface area contributed by atoms with Crippen molar-refractivity contribution in [3.8, 4) is 0 Å². The van der Waals surface area contributed by atoms with Crippen molar-refractivity contribution >= 4 is 34.8 Å². The molecule has 3 heterocycles. The molecule has 1 N–H and O–H groups in total. The van der Waals surface area contributed by atoms with Crippen molar-refractivity contribution in [3.05, 3.63) is 93.9 Å². The number of anilines is 2. The zero-order chi connectivity index (χ0) is 19.8. The van der Waals surface area contributed by atoms with Gasteiger partial charge in [-0.3, -0.25) is 9.78 Å². The standard InChI is InChI=1S/C24H20N4O/c1-16-15-19-9-5-6-10-20(19)28(16)24-26-22-21(23(29)27-24)18(13-14-25-22)12-11-17-7-3-2-4-8-17/h2-14,16H,15H2,1H3,(H,25,26,27,29)/b12-11+. The predicted octanol–water partition coefficient (Wildman–Crippen LogP) is 4.57. The Balaban J connectivity index is 1.60. The van der Waals surface area contributed by atoms with Gasteiger partial charge in [-0.15, -0.1) is 0 Å². The number of aromatic nitrogens is 3. The number of aromatic amines is 1. The number of H-pyrrole nitrogens is 1. The molecular weight excluding hydrogens is 360 g/mol. The summed E-state index contributed by atoms with van der Waals surface area (Å²) in [6, 6.07) is 20.3. The maximum absolute atomic E-state index is 13.0. The zero-order valence-corrected chi connectivity index (χ0v) is 16.0. The van der Waals surface area contributed by atoms with Gasteiger partial charge >= 0.3 is 0 Å². The average molecular weight is 380 g/mol. The second kappa shape index (κ2) is 7.02. The maximum atomic E-state index is 13.0. The van der Waals surface area contributed by atoms with E-state index in [2.05, 4.69) is 33.9 Å². The largest absolute Gasteiger partial charge is 0.309 e. The highest BCUT2D eigenvalue weighted by atomic mass is 16.1. The first-order chi connectivity index (χ1) is 14.2. The summed E-state index contributed by atoms with van der Waals surface area (Å²) < 4.78 is 0. The Kier molecular flexibility index (Phi) is 4.21. The second-order valence-corrected chi connectivity index (χ2v) is 7.28. The number of nitrogens with zero attached hydrogens (tertiary/aromatic N) is 3. The van der Waals surface area contributed by atoms with Gasteiger partial charge in [-0.2, -0.15) is 4.98 Å². The quantitative estimate of drug-likeness (QED) is 0.565. The minimum Gasteiger partial charge on any atom is -0.309 e. The molecule has 5 rings (SSSR count). The van der Waals surface area contributed by atoms with Crippen LogP contribution in [-0.4, -0.2) is 21.0 Å². The normalized spacial score (nSPS) is 15.9. The van der Waals surface area contributed by atoms with Crippen LogP contribution in [0.4, 0.5) is 11.6 Å². The lowest BCUT2D eigenvalue weighted by Gasteiger charge is -2.23.